The number of aromatic nitrogens is 2. The maximum Gasteiger partial charge on any atom is 0.134 e. The average Bonchev–Trinajstić information content (AvgIpc) is 2.86. The van der Waals surface area contributed by atoms with E-state index in [0.717, 1.165) is 49.7 Å². The Labute approximate surface area is 117 Å². The van der Waals surface area contributed by atoms with Crippen LogP contribution >= 0.6 is 11.5 Å². The van der Waals surface area contributed by atoms with E-state index >= 15 is 0 Å². The van der Waals surface area contributed by atoms with E-state index in [1.165, 1.54) is 11.5 Å². The van der Waals surface area contributed by atoms with Crippen LogP contribution in [-0.4, -0.2) is 58.5 Å². The molecule has 0 atom stereocenters. The molecule has 2 rings (SSSR count). The fourth-order valence-electron chi connectivity index (χ4n) is 2.27. The summed E-state index contributed by atoms with van der Waals surface area (Å²) in [4.78, 5) is 2.39. The van der Waals surface area contributed by atoms with Crippen LogP contribution < -0.4 is 5.32 Å². The Bertz CT molecular complexity index is 366. The molecule has 1 aliphatic rings. The van der Waals surface area contributed by atoms with Gasteiger partial charge in [-0.15, -0.1) is 5.10 Å². The second kappa shape index (κ2) is 7.74. The van der Waals surface area contributed by atoms with Gasteiger partial charge in [0.05, 0.1) is 19.3 Å². The summed E-state index contributed by atoms with van der Waals surface area (Å²) in [7, 11) is 0. The Hall–Kier alpha value is -0.760. The third-order valence-electron chi connectivity index (χ3n) is 3.25. The Balaban J connectivity index is 1.77. The zero-order valence-corrected chi connectivity index (χ0v) is 12.2. The molecule has 0 bridgehead atoms. The van der Waals surface area contributed by atoms with Gasteiger partial charge in [-0.3, -0.25) is 4.90 Å². The largest absolute Gasteiger partial charge is 0.394 e. The summed E-state index contributed by atoms with van der Waals surface area (Å²) < 4.78 is 9.57. The van der Waals surface area contributed by atoms with Gasteiger partial charge in [-0.05, 0) is 19.8 Å². The highest BCUT2D eigenvalue weighted by atomic mass is 32.1. The summed E-state index contributed by atoms with van der Waals surface area (Å²) in [6.07, 6.45) is 2.34. The second-order valence-corrected chi connectivity index (χ2v) is 5.40. The quantitative estimate of drug-likeness (QED) is 0.777. The fourth-order valence-corrected chi connectivity index (χ4v) is 2.91. The first-order chi connectivity index (χ1) is 9.33. The van der Waals surface area contributed by atoms with Gasteiger partial charge in [0.2, 0.25) is 0 Å². The molecule has 0 amide bonds. The molecule has 6 nitrogen and oxygen atoms in total. The number of ether oxygens (including phenoxy) is 1. The number of aliphatic hydroxyl groups is 1. The highest BCUT2D eigenvalue weighted by Crippen LogP contribution is 2.21. The molecule has 0 radical (unpaired) electrons. The van der Waals surface area contributed by atoms with Gasteiger partial charge in [0, 0.05) is 37.7 Å². The number of rotatable bonds is 7. The van der Waals surface area contributed by atoms with Crippen LogP contribution in [0.3, 0.4) is 0 Å². The third-order valence-corrected chi connectivity index (χ3v) is 3.97. The maximum atomic E-state index is 8.74. The van der Waals surface area contributed by atoms with Crippen LogP contribution in [-0.2, 0) is 11.3 Å². The van der Waals surface area contributed by atoms with E-state index in [2.05, 4.69) is 26.7 Å². The Morgan fingerprint density at radius 2 is 2.26 bits per heavy atom. The minimum atomic E-state index is 0.108. The minimum Gasteiger partial charge on any atom is -0.394 e. The van der Waals surface area contributed by atoms with Crippen molar-refractivity contribution >= 4 is 16.5 Å². The summed E-state index contributed by atoms with van der Waals surface area (Å²) in [5.41, 5.74) is 1.04. The van der Waals surface area contributed by atoms with Crippen molar-refractivity contribution in [2.45, 2.75) is 32.4 Å². The van der Waals surface area contributed by atoms with Crippen molar-refractivity contribution in [1.82, 2.24) is 14.5 Å². The van der Waals surface area contributed by atoms with Gasteiger partial charge < -0.3 is 15.2 Å². The molecule has 0 spiro atoms. The number of anilines is 1. The van der Waals surface area contributed by atoms with Crippen molar-refractivity contribution in [3.63, 3.8) is 0 Å². The van der Waals surface area contributed by atoms with Gasteiger partial charge in [0.1, 0.15) is 10.7 Å². The van der Waals surface area contributed by atoms with Crippen molar-refractivity contribution in [1.29, 1.82) is 0 Å². The highest BCUT2D eigenvalue weighted by molar-refractivity contribution is 7.10. The normalized spacial score (nSPS) is 17.8. The molecule has 1 aliphatic heterocycles. The molecular weight excluding hydrogens is 264 g/mol. The predicted molar refractivity (Wildman–Crippen MR) is 75.4 cm³/mol. The second-order valence-electron chi connectivity index (χ2n) is 4.65. The molecule has 2 N–H and O–H groups in total. The van der Waals surface area contributed by atoms with E-state index in [1.54, 1.807) is 0 Å². The van der Waals surface area contributed by atoms with E-state index in [4.69, 9.17) is 9.84 Å². The highest BCUT2D eigenvalue weighted by Gasteiger charge is 2.21. The summed E-state index contributed by atoms with van der Waals surface area (Å²) in [6.45, 7) is 6.41. The van der Waals surface area contributed by atoms with E-state index in [9.17, 15) is 0 Å². The third kappa shape index (κ3) is 4.38. The van der Waals surface area contributed by atoms with E-state index < -0.39 is 0 Å². The number of nitrogens with zero attached hydrogens (tertiary/aromatic N) is 3. The Kier molecular flexibility index (Phi) is 5.96. The lowest BCUT2D eigenvalue weighted by atomic mass is 10.1. The van der Waals surface area contributed by atoms with Gasteiger partial charge in [0.15, 0.2) is 0 Å². The minimum absolute atomic E-state index is 0.108. The summed E-state index contributed by atoms with van der Waals surface area (Å²) in [6, 6.07) is 0. The van der Waals surface area contributed by atoms with E-state index in [1.807, 2.05) is 0 Å². The summed E-state index contributed by atoms with van der Waals surface area (Å²) >= 11 is 1.42. The first-order valence-electron chi connectivity index (χ1n) is 6.83. The molecule has 0 aliphatic carbocycles. The number of likely N-dealkylation sites (tertiary alicyclic amines) is 1. The zero-order chi connectivity index (χ0) is 13.5. The molecular formula is C12H22N4O2S. The van der Waals surface area contributed by atoms with Crippen LogP contribution in [0.15, 0.2) is 0 Å². The number of piperidine rings is 1. The van der Waals surface area contributed by atoms with Crippen LogP contribution in [0.25, 0.3) is 0 Å². The molecule has 1 aromatic rings. The standard InChI is InChI=1S/C12H22N4O2S/c1-2-13-12-11(14-15-19-12)9-16-5-3-10(4-6-16)18-8-7-17/h10,13,17H,2-9H2,1H3. The topological polar surface area (TPSA) is 70.5 Å². The van der Waals surface area contributed by atoms with Gasteiger partial charge in [-0.1, -0.05) is 4.49 Å². The number of hydrogen-bond donors (Lipinski definition) is 2. The first-order valence-corrected chi connectivity index (χ1v) is 7.60. The summed E-state index contributed by atoms with van der Waals surface area (Å²) in [5, 5.41) is 17.3. The van der Waals surface area contributed by atoms with Crippen LogP contribution in [0, 0.1) is 0 Å². The lowest BCUT2D eigenvalue weighted by Crippen LogP contribution is -2.37. The van der Waals surface area contributed by atoms with Crippen molar-refractivity contribution in [2.24, 2.45) is 0 Å². The van der Waals surface area contributed by atoms with Crippen molar-refractivity contribution in [3.8, 4) is 0 Å². The van der Waals surface area contributed by atoms with Crippen LogP contribution in [0.5, 0.6) is 0 Å². The molecule has 0 saturated carbocycles. The first kappa shape index (κ1) is 14.6. The molecule has 19 heavy (non-hydrogen) atoms. The number of aliphatic hydroxyl groups excluding tert-OH is 1. The van der Waals surface area contributed by atoms with Crippen LogP contribution in [0.4, 0.5) is 5.00 Å². The van der Waals surface area contributed by atoms with Gasteiger partial charge in [-0.25, -0.2) is 0 Å². The molecule has 1 saturated heterocycles. The molecule has 7 heteroatoms. The van der Waals surface area contributed by atoms with Crippen LogP contribution in [0.2, 0.25) is 0 Å². The zero-order valence-electron chi connectivity index (χ0n) is 11.3. The lowest BCUT2D eigenvalue weighted by Gasteiger charge is -2.31. The molecule has 2 heterocycles. The van der Waals surface area contributed by atoms with Gasteiger partial charge >= 0.3 is 0 Å². The van der Waals surface area contributed by atoms with Crippen molar-refractivity contribution < 1.29 is 9.84 Å². The van der Waals surface area contributed by atoms with Crippen molar-refractivity contribution in [2.75, 3.05) is 38.2 Å². The predicted octanol–water partition coefficient (Wildman–Crippen LogP) is 0.943. The average molecular weight is 286 g/mol. The number of nitrogens with one attached hydrogen (secondary N) is 1. The molecule has 0 aromatic carbocycles. The van der Waals surface area contributed by atoms with Gasteiger partial charge in [0.25, 0.3) is 0 Å². The smallest absolute Gasteiger partial charge is 0.134 e. The molecule has 1 aromatic heterocycles. The fraction of sp³-hybridized carbons (Fsp3) is 0.833. The summed E-state index contributed by atoms with van der Waals surface area (Å²) in [5.74, 6) is 0. The van der Waals surface area contributed by atoms with Crippen LogP contribution in [0.1, 0.15) is 25.5 Å². The molecule has 1 fully saturated rings. The van der Waals surface area contributed by atoms with E-state index in [-0.39, 0.29) is 6.61 Å². The monoisotopic (exact) mass is 286 g/mol. The van der Waals surface area contributed by atoms with Gasteiger partial charge in [-0.2, -0.15) is 0 Å². The SMILES string of the molecule is CCNc1snnc1CN1CCC(OCCO)CC1. The Morgan fingerprint density at radius 1 is 1.47 bits per heavy atom. The number of hydrogen-bond acceptors (Lipinski definition) is 7. The molecule has 0 unspecified atom stereocenters. The van der Waals surface area contributed by atoms with E-state index in [0.29, 0.717) is 12.7 Å². The van der Waals surface area contributed by atoms with Crippen molar-refractivity contribution in [3.05, 3.63) is 5.69 Å². The maximum absolute atomic E-state index is 8.74. The lowest BCUT2D eigenvalue weighted by molar-refractivity contribution is -0.00916. The molecule has 108 valence electrons. The Morgan fingerprint density at radius 3 is 2.95 bits per heavy atom.